The summed E-state index contributed by atoms with van der Waals surface area (Å²) in [5, 5.41) is 9.38. The van der Waals surface area contributed by atoms with Crippen LogP contribution in [-0.2, 0) is 5.41 Å². The van der Waals surface area contributed by atoms with Gasteiger partial charge in [0.25, 0.3) is 0 Å². The molecule has 0 aliphatic heterocycles. The van der Waals surface area contributed by atoms with Crippen molar-refractivity contribution in [3.05, 3.63) is 29.3 Å². The highest BCUT2D eigenvalue weighted by Gasteiger charge is 2.18. The first-order valence-corrected chi connectivity index (χ1v) is 4.77. The van der Waals surface area contributed by atoms with Gasteiger partial charge in [0.15, 0.2) is 0 Å². The molecule has 0 amide bonds. The molecule has 13 heavy (non-hydrogen) atoms. The SMILES string of the molecule is CCC(C)(C)c1ccc(O)c(C)c1. The van der Waals surface area contributed by atoms with Crippen LogP contribution < -0.4 is 0 Å². The molecule has 0 bridgehead atoms. The molecule has 0 saturated carbocycles. The molecule has 1 rings (SSSR count). The molecule has 0 unspecified atom stereocenters. The van der Waals surface area contributed by atoms with Gasteiger partial charge in [-0.15, -0.1) is 0 Å². The standard InChI is InChI=1S/C12H18O/c1-5-12(3,4)10-6-7-11(13)9(2)8-10/h6-8,13H,5H2,1-4H3. The van der Waals surface area contributed by atoms with E-state index in [0.717, 1.165) is 12.0 Å². The van der Waals surface area contributed by atoms with Crippen LogP contribution in [0.15, 0.2) is 18.2 Å². The van der Waals surface area contributed by atoms with Gasteiger partial charge < -0.3 is 5.11 Å². The lowest BCUT2D eigenvalue weighted by atomic mass is 9.82. The second kappa shape index (κ2) is 3.41. The zero-order valence-corrected chi connectivity index (χ0v) is 8.89. The largest absolute Gasteiger partial charge is 0.508 e. The number of hydrogen-bond acceptors (Lipinski definition) is 1. The summed E-state index contributed by atoms with van der Waals surface area (Å²) in [5.74, 6) is 0.385. The van der Waals surface area contributed by atoms with Gasteiger partial charge >= 0.3 is 0 Å². The maximum absolute atomic E-state index is 9.38. The second-order valence-electron chi connectivity index (χ2n) is 4.24. The molecule has 0 aliphatic carbocycles. The van der Waals surface area contributed by atoms with Crippen molar-refractivity contribution in [2.45, 2.75) is 39.5 Å². The van der Waals surface area contributed by atoms with Crippen molar-refractivity contribution in [1.82, 2.24) is 0 Å². The maximum Gasteiger partial charge on any atom is 0.118 e. The van der Waals surface area contributed by atoms with Gasteiger partial charge in [-0.25, -0.2) is 0 Å². The molecule has 0 saturated heterocycles. The van der Waals surface area contributed by atoms with E-state index in [2.05, 4.69) is 26.8 Å². The number of aromatic hydroxyl groups is 1. The average molecular weight is 178 g/mol. The highest BCUT2D eigenvalue weighted by Crippen LogP contribution is 2.29. The number of phenols is 1. The lowest BCUT2D eigenvalue weighted by Gasteiger charge is -2.23. The van der Waals surface area contributed by atoms with Crippen molar-refractivity contribution in [1.29, 1.82) is 0 Å². The van der Waals surface area contributed by atoms with E-state index in [-0.39, 0.29) is 5.41 Å². The predicted octanol–water partition coefficient (Wildman–Crippen LogP) is 3.39. The molecule has 1 aromatic carbocycles. The van der Waals surface area contributed by atoms with Crippen molar-refractivity contribution in [2.75, 3.05) is 0 Å². The second-order valence-corrected chi connectivity index (χ2v) is 4.24. The van der Waals surface area contributed by atoms with Crippen LogP contribution in [0.4, 0.5) is 0 Å². The molecular weight excluding hydrogens is 160 g/mol. The number of benzene rings is 1. The van der Waals surface area contributed by atoms with Crippen molar-refractivity contribution in [3.8, 4) is 5.75 Å². The highest BCUT2D eigenvalue weighted by molar-refractivity contribution is 5.37. The average Bonchev–Trinajstić information content (AvgIpc) is 2.09. The van der Waals surface area contributed by atoms with Gasteiger partial charge in [0, 0.05) is 0 Å². The number of aryl methyl sites for hydroxylation is 1. The summed E-state index contributed by atoms with van der Waals surface area (Å²) in [6.07, 6.45) is 1.11. The molecule has 0 radical (unpaired) electrons. The van der Waals surface area contributed by atoms with Crippen LogP contribution in [0.2, 0.25) is 0 Å². The van der Waals surface area contributed by atoms with Gasteiger partial charge in [-0.1, -0.05) is 32.9 Å². The van der Waals surface area contributed by atoms with Gasteiger partial charge in [0.2, 0.25) is 0 Å². The minimum atomic E-state index is 0.207. The zero-order valence-electron chi connectivity index (χ0n) is 8.89. The summed E-state index contributed by atoms with van der Waals surface area (Å²) in [4.78, 5) is 0. The van der Waals surface area contributed by atoms with E-state index in [0.29, 0.717) is 5.75 Å². The molecule has 1 N–H and O–H groups in total. The van der Waals surface area contributed by atoms with E-state index in [4.69, 9.17) is 0 Å². The predicted molar refractivity (Wildman–Crippen MR) is 56.2 cm³/mol. The monoisotopic (exact) mass is 178 g/mol. The third-order valence-corrected chi connectivity index (χ3v) is 2.86. The zero-order chi connectivity index (χ0) is 10.1. The van der Waals surface area contributed by atoms with Crippen LogP contribution in [0, 0.1) is 6.92 Å². The van der Waals surface area contributed by atoms with Gasteiger partial charge in [-0.3, -0.25) is 0 Å². The molecule has 72 valence electrons. The fraction of sp³-hybridized carbons (Fsp3) is 0.500. The van der Waals surface area contributed by atoms with E-state index < -0.39 is 0 Å². The van der Waals surface area contributed by atoms with Gasteiger partial charge in [0.05, 0.1) is 0 Å². The summed E-state index contributed by atoms with van der Waals surface area (Å²) in [6, 6.07) is 5.85. The van der Waals surface area contributed by atoms with Crippen LogP contribution in [0.3, 0.4) is 0 Å². The fourth-order valence-electron chi connectivity index (χ4n) is 1.28. The van der Waals surface area contributed by atoms with Crippen molar-refractivity contribution in [3.63, 3.8) is 0 Å². The summed E-state index contributed by atoms with van der Waals surface area (Å²) < 4.78 is 0. The summed E-state index contributed by atoms with van der Waals surface area (Å²) >= 11 is 0. The molecule has 0 atom stereocenters. The van der Waals surface area contributed by atoms with Crippen molar-refractivity contribution < 1.29 is 5.11 Å². The Bertz CT molecular complexity index is 300. The number of rotatable bonds is 2. The van der Waals surface area contributed by atoms with Crippen LogP contribution in [-0.4, -0.2) is 5.11 Å². The van der Waals surface area contributed by atoms with E-state index in [1.165, 1.54) is 5.56 Å². The smallest absolute Gasteiger partial charge is 0.118 e. The topological polar surface area (TPSA) is 20.2 Å². The lowest BCUT2D eigenvalue weighted by molar-refractivity contribution is 0.467. The first-order valence-electron chi connectivity index (χ1n) is 4.77. The lowest BCUT2D eigenvalue weighted by Crippen LogP contribution is -2.15. The van der Waals surface area contributed by atoms with E-state index >= 15 is 0 Å². The molecular formula is C12H18O. The molecule has 1 nitrogen and oxygen atoms in total. The third kappa shape index (κ3) is 2.03. The van der Waals surface area contributed by atoms with Crippen LogP contribution in [0.1, 0.15) is 38.3 Å². The van der Waals surface area contributed by atoms with E-state index in [1.54, 1.807) is 6.07 Å². The van der Waals surface area contributed by atoms with E-state index in [1.807, 2.05) is 13.0 Å². The van der Waals surface area contributed by atoms with Crippen molar-refractivity contribution >= 4 is 0 Å². The van der Waals surface area contributed by atoms with E-state index in [9.17, 15) is 5.11 Å². The first kappa shape index (κ1) is 10.1. The molecule has 0 heterocycles. The van der Waals surface area contributed by atoms with Gasteiger partial charge in [0.1, 0.15) is 5.75 Å². The maximum atomic E-state index is 9.38. The quantitative estimate of drug-likeness (QED) is 0.736. The summed E-state index contributed by atoms with van der Waals surface area (Å²) in [7, 11) is 0. The molecule has 0 aromatic heterocycles. The first-order chi connectivity index (χ1) is 5.97. The normalized spacial score (nSPS) is 11.7. The summed E-state index contributed by atoms with van der Waals surface area (Å²) in [6.45, 7) is 8.56. The Kier molecular flexibility index (Phi) is 2.65. The van der Waals surface area contributed by atoms with Crippen LogP contribution in [0.25, 0.3) is 0 Å². The molecule has 0 fully saturated rings. The molecule has 1 heteroatoms. The Morgan fingerprint density at radius 1 is 1.31 bits per heavy atom. The Balaban J connectivity index is 3.10. The van der Waals surface area contributed by atoms with Gasteiger partial charge in [-0.2, -0.15) is 0 Å². The Labute approximate surface area is 80.4 Å². The van der Waals surface area contributed by atoms with Crippen LogP contribution >= 0.6 is 0 Å². The van der Waals surface area contributed by atoms with Crippen LogP contribution in [0.5, 0.6) is 5.75 Å². The molecule has 1 aromatic rings. The Morgan fingerprint density at radius 3 is 2.38 bits per heavy atom. The Morgan fingerprint density at radius 2 is 1.92 bits per heavy atom. The van der Waals surface area contributed by atoms with Gasteiger partial charge in [-0.05, 0) is 36.0 Å². The highest BCUT2D eigenvalue weighted by atomic mass is 16.3. The Hall–Kier alpha value is -0.980. The molecule has 0 spiro atoms. The number of hydrogen-bond donors (Lipinski definition) is 1. The minimum Gasteiger partial charge on any atom is -0.508 e. The summed E-state index contributed by atoms with van der Waals surface area (Å²) in [5.41, 5.74) is 2.46. The third-order valence-electron chi connectivity index (χ3n) is 2.86. The minimum absolute atomic E-state index is 0.207. The molecule has 0 aliphatic rings. The fourth-order valence-corrected chi connectivity index (χ4v) is 1.28. The number of phenolic OH excluding ortho intramolecular Hbond substituents is 1. The van der Waals surface area contributed by atoms with Crippen molar-refractivity contribution in [2.24, 2.45) is 0 Å².